The molecule has 3 heterocycles. The number of methoxy groups -OCH3 is 2. The number of benzene rings is 1. The van der Waals surface area contributed by atoms with E-state index in [1.54, 1.807) is 18.2 Å². The van der Waals surface area contributed by atoms with Crippen LogP contribution in [0, 0.1) is 0 Å². The summed E-state index contributed by atoms with van der Waals surface area (Å²) in [6, 6.07) is 5.14. The number of thioether (sulfide) groups is 1. The van der Waals surface area contributed by atoms with Gasteiger partial charge >= 0.3 is 5.69 Å². The molecule has 0 saturated heterocycles. The van der Waals surface area contributed by atoms with E-state index in [0.29, 0.717) is 22.2 Å². The number of carbonyl (C=O) groups excluding carboxylic acids is 1. The van der Waals surface area contributed by atoms with Gasteiger partial charge in [-0.1, -0.05) is 30.0 Å². The molecule has 0 aliphatic carbocycles. The van der Waals surface area contributed by atoms with Gasteiger partial charge in [-0.15, -0.1) is 10.2 Å². The second kappa shape index (κ2) is 10.5. The second-order valence-electron chi connectivity index (χ2n) is 7.52. The Morgan fingerprint density at radius 2 is 1.83 bits per heavy atom. The highest BCUT2D eigenvalue weighted by molar-refractivity contribution is 8.00. The van der Waals surface area contributed by atoms with Gasteiger partial charge in [-0.2, -0.15) is 0 Å². The first-order valence-corrected chi connectivity index (χ1v) is 12.5. The highest BCUT2D eigenvalue weighted by Crippen LogP contribution is 2.33. The minimum absolute atomic E-state index is 0.0511. The third-order valence-electron chi connectivity index (χ3n) is 5.26. The highest BCUT2D eigenvalue weighted by atomic mass is 32.2. The zero-order valence-electron chi connectivity index (χ0n) is 20.2. The summed E-state index contributed by atoms with van der Waals surface area (Å²) < 4.78 is 12.9. The highest BCUT2D eigenvalue weighted by Gasteiger charge is 2.20. The molecule has 188 valence electrons. The van der Waals surface area contributed by atoms with E-state index in [2.05, 4.69) is 25.5 Å². The molecule has 0 atom stereocenters. The summed E-state index contributed by atoms with van der Waals surface area (Å²) in [7, 11) is 5.95. The number of ether oxygens (including phenoxy) is 2. The second-order valence-corrected chi connectivity index (χ2v) is 9.54. The fourth-order valence-electron chi connectivity index (χ4n) is 3.37. The third kappa shape index (κ3) is 4.81. The molecule has 0 aliphatic rings. The lowest BCUT2D eigenvalue weighted by Gasteiger charge is -2.13. The smallest absolute Gasteiger partial charge is 0.332 e. The van der Waals surface area contributed by atoms with Crippen molar-refractivity contribution >= 4 is 45.2 Å². The number of anilines is 1. The van der Waals surface area contributed by atoms with Gasteiger partial charge in [0.25, 0.3) is 5.56 Å². The van der Waals surface area contributed by atoms with Crippen LogP contribution in [0.5, 0.6) is 11.5 Å². The minimum atomic E-state index is -0.549. The molecule has 4 rings (SSSR count). The number of aromatic nitrogens is 6. The first kappa shape index (κ1) is 25.3. The van der Waals surface area contributed by atoms with Crippen molar-refractivity contribution in [2.75, 3.05) is 25.3 Å². The molecule has 12 nitrogen and oxygen atoms in total. The van der Waals surface area contributed by atoms with E-state index >= 15 is 0 Å². The minimum Gasteiger partial charge on any atom is -0.493 e. The number of nitrogens with zero attached hydrogens (tertiary/aromatic N) is 6. The largest absolute Gasteiger partial charge is 0.493 e. The number of hydrogen-bond donors (Lipinski definition) is 1. The van der Waals surface area contributed by atoms with Crippen molar-refractivity contribution in [1.82, 2.24) is 29.3 Å². The molecule has 0 fully saturated rings. The molecule has 0 unspecified atom stereocenters. The first-order chi connectivity index (χ1) is 17.3. The molecule has 1 N–H and O–H groups in total. The number of fused-ring (bicyclic) bond motifs is 1. The molecule has 36 heavy (non-hydrogen) atoms. The van der Waals surface area contributed by atoms with Crippen LogP contribution in [0.25, 0.3) is 22.4 Å². The van der Waals surface area contributed by atoms with Gasteiger partial charge < -0.3 is 9.47 Å². The first-order valence-electron chi connectivity index (χ1n) is 10.7. The van der Waals surface area contributed by atoms with Crippen LogP contribution >= 0.6 is 23.1 Å². The number of amides is 1. The molecule has 14 heteroatoms. The molecule has 0 bridgehead atoms. The summed E-state index contributed by atoms with van der Waals surface area (Å²) >= 11 is 2.36. The van der Waals surface area contributed by atoms with Crippen LogP contribution in [0.3, 0.4) is 0 Å². The summed E-state index contributed by atoms with van der Waals surface area (Å²) in [4.78, 5) is 47.3. The van der Waals surface area contributed by atoms with Gasteiger partial charge in [0, 0.05) is 19.7 Å². The molecule has 0 saturated carbocycles. The Balaban J connectivity index is 1.77. The van der Waals surface area contributed by atoms with E-state index in [0.717, 1.165) is 27.8 Å². The fraction of sp³-hybridized carbons (Fsp3) is 0.318. The van der Waals surface area contributed by atoms with Crippen molar-refractivity contribution in [3.63, 3.8) is 0 Å². The lowest BCUT2D eigenvalue weighted by atomic mass is 10.2. The Bertz CT molecular complexity index is 1580. The molecule has 0 spiro atoms. The molecule has 1 amide bonds. The lowest BCUT2D eigenvalue weighted by molar-refractivity contribution is -0.113. The van der Waals surface area contributed by atoms with Gasteiger partial charge in [-0.3, -0.25) is 24.0 Å². The number of aryl methyl sites for hydroxylation is 2. The summed E-state index contributed by atoms with van der Waals surface area (Å²) in [5.41, 5.74) is -0.342. The SMILES string of the molecule is CCc1nnc(NC(=O)CSc2nc(-c3ccc(OC)c(OC)c3)nc3c2c(=O)n(C)c(=O)n3C)s1. The molecular formula is C22H23N7O5S2. The zero-order valence-corrected chi connectivity index (χ0v) is 21.8. The van der Waals surface area contributed by atoms with Crippen LogP contribution in [0.4, 0.5) is 5.13 Å². The van der Waals surface area contributed by atoms with Crippen LogP contribution < -0.4 is 26.0 Å². The van der Waals surface area contributed by atoms with Crippen molar-refractivity contribution in [2.45, 2.75) is 18.4 Å². The van der Waals surface area contributed by atoms with Gasteiger partial charge in [0.2, 0.25) is 11.0 Å². The van der Waals surface area contributed by atoms with E-state index in [9.17, 15) is 14.4 Å². The molecule has 0 aliphatic heterocycles. The summed E-state index contributed by atoms with van der Waals surface area (Å²) in [6.45, 7) is 1.95. The summed E-state index contributed by atoms with van der Waals surface area (Å²) in [5, 5.41) is 12.3. The maximum Gasteiger partial charge on any atom is 0.332 e. The average molecular weight is 530 g/mol. The van der Waals surface area contributed by atoms with E-state index in [4.69, 9.17) is 9.47 Å². The Morgan fingerprint density at radius 1 is 1.08 bits per heavy atom. The van der Waals surface area contributed by atoms with E-state index in [1.165, 1.54) is 44.2 Å². The number of carbonyl (C=O) groups is 1. The normalized spacial score (nSPS) is 11.0. The monoisotopic (exact) mass is 529 g/mol. The van der Waals surface area contributed by atoms with Crippen LogP contribution in [0.15, 0.2) is 32.8 Å². The maximum atomic E-state index is 13.0. The lowest BCUT2D eigenvalue weighted by Crippen LogP contribution is -2.37. The van der Waals surface area contributed by atoms with E-state index in [1.807, 2.05) is 6.92 Å². The van der Waals surface area contributed by atoms with Gasteiger partial charge in [0.05, 0.1) is 20.0 Å². The summed E-state index contributed by atoms with van der Waals surface area (Å²) in [5.74, 6) is 0.863. The van der Waals surface area contributed by atoms with Gasteiger partial charge in [0.15, 0.2) is 23.0 Å². The van der Waals surface area contributed by atoms with Crippen molar-refractivity contribution in [1.29, 1.82) is 0 Å². The standard InChI is InChI=1S/C22H23N7O5S2/c1-6-15-26-27-21(36-15)23-14(30)10-35-19-16-18(28(2)22(32)29(3)20(16)31)24-17(25-19)11-7-8-12(33-4)13(9-11)34-5/h7-9H,6,10H2,1-5H3,(H,23,27,30). The van der Waals surface area contributed by atoms with Crippen molar-refractivity contribution in [3.8, 4) is 22.9 Å². The quantitative estimate of drug-likeness (QED) is 0.265. The van der Waals surface area contributed by atoms with Crippen molar-refractivity contribution < 1.29 is 14.3 Å². The Labute approximate surface area is 213 Å². The molecular weight excluding hydrogens is 506 g/mol. The van der Waals surface area contributed by atoms with Gasteiger partial charge in [-0.25, -0.2) is 14.8 Å². The number of hydrogen-bond acceptors (Lipinski definition) is 11. The van der Waals surface area contributed by atoms with Gasteiger partial charge in [0.1, 0.15) is 15.4 Å². The Kier molecular flexibility index (Phi) is 7.35. The van der Waals surface area contributed by atoms with E-state index in [-0.39, 0.29) is 33.5 Å². The van der Waals surface area contributed by atoms with Crippen LogP contribution in [0.2, 0.25) is 0 Å². The Hall–Kier alpha value is -3.78. The number of rotatable bonds is 8. The predicted octanol–water partition coefficient (Wildman–Crippen LogP) is 1.86. The molecule has 4 aromatic rings. The predicted molar refractivity (Wildman–Crippen MR) is 137 cm³/mol. The average Bonchev–Trinajstić information content (AvgIpc) is 3.35. The van der Waals surface area contributed by atoms with E-state index < -0.39 is 11.2 Å². The Morgan fingerprint density at radius 3 is 2.50 bits per heavy atom. The van der Waals surface area contributed by atoms with Crippen LogP contribution in [-0.2, 0) is 25.3 Å². The molecule has 1 aromatic carbocycles. The van der Waals surface area contributed by atoms with Crippen molar-refractivity contribution in [3.05, 3.63) is 44.0 Å². The fourth-order valence-corrected chi connectivity index (χ4v) is 4.88. The van der Waals surface area contributed by atoms with Crippen molar-refractivity contribution in [2.24, 2.45) is 14.1 Å². The summed E-state index contributed by atoms with van der Waals surface area (Å²) in [6.07, 6.45) is 0.718. The van der Waals surface area contributed by atoms with Crippen LogP contribution in [0.1, 0.15) is 11.9 Å². The molecule has 3 aromatic heterocycles. The maximum absolute atomic E-state index is 13.0. The topological polar surface area (TPSA) is 143 Å². The van der Waals surface area contributed by atoms with Gasteiger partial charge in [-0.05, 0) is 24.6 Å². The third-order valence-corrected chi connectivity index (χ3v) is 7.22. The zero-order chi connectivity index (χ0) is 26.0. The molecule has 0 radical (unpaired) electrons. The van der Waals surface area contributed by atoms with Crippen LogP contribution in [-0.4, -0.2) is 55.2 Å². The number of nitrogens with one attached hydrogen (secondary N) is 1.